The van der Waals surface area contributed by atoms with E-state index in [1.807, 2.05) is 6.92 Å². The summed E-state index contributed by atoms with van der Waals surface area (Å²) in [7, 11) is 0. The van der Waals surface area contributed by atoms with Crippen molar-refractivity contribution in [3.05, 3.63) is 29.6 Å². The molecule has 1 atom stereocenters. The summed E-state index contributed by atoms with van der Waals surface area (Å²) in [6.07, 6.45) is 1.71. The average Bonchev–Trinajstić information content (AvgIpc) is 2.34. The Morgan fingerprint density at radius 2 is 2.05 bits per heavy atom. The lowest BCUT2D eigenvalue weighted by atomic mass is 9.87. The Morgan fingerprint density at radius 1 is 1.37 bits per heavy atom. The van der Waals surface area contributed by atoms with E-state index in [0.29, 0.717) is 5.56 Å². The van der Waals surface area contributed by atoms with Gasteiger partial charge in [0.05, 0.1) is 0 Å². The van der Waals surface area contributed by atoms with E-state index < -0.39 is 5.82 Å². The number of phenols is 1. The summed E-state index contributed by atoms with van der Waals surface area (Å²) in [6.45, 7) is 7.18. The summed E-state index contributed by atoms with van der Waals surface area (Å²) in [4.78, 5) is 0. The van der Waals surface area contributed by atoms with Crippen molar-refractivity contribution >= 4 is 0 Å². The fourth-order valence-corrected chi connectivity index (χ4v) is 2.07. The summed E-state index contributed by atoms with van der Waals surface area (Å²) in [5.41, 5.74) is 0.770. The van der Waals surface area contributed by atoms with Crippen LogP contribution < -0.4 is 5.32 Å². The molecule has 3 nitrogen and oxygen atoms in total. The van der Waals surface area contributed by atoms with E-state index in [4.69, 9.17) is 5.11 Å². The molecular formula is C15H24FNO2. The molecule has 0 aromatic heterocycles. The molecule has 0 amide bonds. The van der Waals surface area contributed by atoms with Crippen LogP contribution in [0.1, 0.15) is 45.2 Å². The molecule has 0 bridgehead atoms. The van der Waals surface area contributed by atoms with E-state index in [-0.39, 0.29) is 23.8 Å². The van der Waals surface area contributed by atoms with Gasteiger partial charge in [-0.15, -0.1) is 0 Å². The number of phenolic OH excluding ortho intramolecular Hbond substituents is 1. The zero-order valence-electron chi connectivity index (χ0n) is 11.9. The highest BCUT2D eigenvalue weighted by atomic mass is 19.1. The van der Waals surface area contributed by atoms with E-state index >= 15 is 0 Å². The number of aliphatic hydroxyl groups is 1. The minimum atomic E-state index is -0.434. The zero-order chi connectivity index (χ0) is 14.5. The third kappa shape index (κ3) is 5.17. The van der Waals surface area contributed by atoms with E-state index in [1.54, 1.807) is 6.07 Å². The Labute approximate surface area is 114 Å². The van der Waals surface area contributed by atoms with Crippen LogP contribution in [0.5, 0.6) is 5.75 Å². The van der Waals surface area contributed by atoms with Gasteiger partial charge in [-0.2, -0.15) is 0 Å². The maximum atomic E-state index is 12.9. The fourth-order valence-electron chi connectivity index (χ4n) is 2.07. The Balaban J connectivity index is 2.57. The summed E-state index contributed by atoms with van der Waals surface area (Å²) < 4.78 is 12.9. The van der Waals surface area contributed by atoms with E-state index in [0.717, 1.165) is 25.5 Å². The van der Waals surface area contributed by atoms with Crippen molar-refractivity contribution < 1.29 is 14.6 Å². The number of benzene rings is 1. The first kappa shape index (κ1) is 15.9. The SMILES string of the molecule is CC(NCC(C)(C)CCCO)c1ccc(F)cc1O. The van der Waals surface area contributed by atoms with Crippen LogP contribution in [0.4, 0.5) is 4.39 Å². The van der Waals surface area contributed by atoms with Gasteiger partial charge in [0, 0.05) is 30.8 Å². The van der Waals surface area contributed by atoms with Crippen LogP contribution in [0, 0.1) is 11.2 Å². The van der Waals surface area contributed by atoms with Crippen LogP contribution in [0.3, 0.4) is 0 Å². The van der Waals surface area contributed by atoms with Crippen LogP contribution >= 0.6 is 0 Å². The Hall–Kier alpha value is -1.13. The van der Waals surface area contributed by atoms with Crippen LogP contribution in [0.15, 0.2) is 18.2 Å². The van der Waals surface area contributed by atoms with E-state index in [9.17, 15) is 9.50 Å². The minimum Gasteiger partial charge on any atom is -0.508 e. The fraction of sp³-hybridized carbons (Fsp3) is 0.600. The van der Waals surface area contributed by atoms with Gasteiger partial charge < -0.3 is 15.5 Å². The molecule has 1 aromatic rings. The highest BCUT2D eigenvalue weighted by Crippen LogP contribution is 2.27. The maximum absolute atomic E-state index is 12.9. The molecule has 0 saturated heterocycles. The number of hydrogen-bond donors (Lipinski definition) is 3. The van der Waals surface area contributed by atoms with Crippen molar-refractivity contribution in [2.45, 2.75) is 39.7 Å². The van der Waals surface area contributed by atoms with E-state index in [2.05, 4.69) is 19.2 Å². The molecule has 0 spiro atoms. The van der Waals surface area contributed by atoms with E-state index in [1.165, 1.54) is 6.07 Å². The van der Waals surface area contributed by atoms with Crippen LogP contribution in [0.2, 0.25) is 0 Å². The van der Waals surface area contributed by atoms with Crippen molar-refractivity contribution in [1.82, 2.24) is 5.32 Å². The number of aliphatic hydroxyl groups excluding tert-OH is 1. The molecule has 0 radical (unpaired) electrons. The maximum Gasteiger partial charge on any atom is 0.126 e. The molecule has 19 heavy (non-hydrogen) atoms. The van der Waals surface area contributed by atoms with Crippen molar-refractivity contribution in [2.75, 3.05) is 13.2 Å². The predicted octanol–water partition coefficient (Wildman–Crippen LogP) is 2.98. The first-order valence-corrected chi connectivity index (χ1v) is 6.68. The number of halogens is 1. The third-order valence-corrected chi connectivity index (χ3v) is 3.36. The molecule has 0 aliphatic heterocycles. The average molecular weight is 269 g/mol. The molecule has 4 heteroatoms. The van der Waals surface area contributed by atoms with Crippen LogP contribution in [-0.2, 0) is 0 Å². The molecule has 3 N–H and O–H groups in total. The first-order valence-electron chi connectivity index (χ1n) is 6.68. The third-order valence-electron chi connectivity index (χ3n) is 3.36. The Kier molecular flexibility index (Phi) is 5.76. The van der Waals surface area contributed by atoms with Gasteiger partial charge in [0.1, 0.15) is 11.6 Å². The van der Waals surface area contributed by atoms with Gasteiger partial charge in [0.25, 0.3) is 0 Å². The predicted molar refractivity (Wildman–Crippen MR) is 74.6 cm³/mol. The van der Waals surface area contributed by atoms with Gasteiger partial charge >= 0.3 is 0 Å². The molecular weight excluding hydrogens is 245 g/mol. The standard InChI is InChI=1S/C15H24FNO2/c1-11(13-6-5-12(16)9-14(13)19)17-10-15(2,3)7-4-8-18/h5-6,9,11,17-19H,4,7-8,10H2,1-3H3. The summed E-state index contributed by atoms with van der Waals surface area (Å²) >= 11 is 0. The molecule has 0 aliphatic rings. The topological polar surface area (TPSA) is 52.5 Å². The van der Waals surface area contributed by atoms with Crippen molar-refractivity contribution in [3.8, 4) is 5.75 Å². The lowest BCUT2D eigenvalue weighted by Gasteiger charge is -2.27. The summed E-state index contributed by atoms with van der Waals surface area (Å²) in [5, 5.41) is 21.9. The largest absolute Gasteiger partial charge is 0.508 e. The highest BCUT2D eigenvalue weighted by Gasteiger charge is 2.19. The first-order chi connectivity index (χ1) is 8.85. The van der Waals surface area contributed by atoms with Crippen molar-refractivity contribution in [2.24, 2.45) is 5.41 Å². The molecule has 1 unspecified atom stereocenters. The number of hydrogen-bond acceptors (Lipinski definition) is 3. The number of nitrogens with one attached hydrogen (secondary N) is 1. The van der Waals surface area contributed by atoms with Crippen molar-refractivity contribution in [3.63, 3.8) is 0 Å². The normalized spacial score (nSPS) is 13.5. The second-order valence-corrected chi connectivity index (χ2v) is 5.80. The molecule has 1 rings (SSSR count). The highest BCUT2D eigenvalue weighted by molar-refractivity contribution is 5.34. The zero-order valence-corrected chi connectivity index (χ0v) is 11.9. The molecule has 0 aliphatic carbocycles. The van der Waals surface area contributed by atoms with Gasteiger partial charge in [-0.05, 0) is 31.2 Å². The molecule has 108 valence electrons. The number of rotatable bonds is 7. The second-order valence-electron chi connectivity index (χ2n) is 5.80. The monoisotopic (exact) mass is 269 g/mol. The van der Waals surface area contributed by atoms with Gasteiger partial charge in [-0.1, -0.05) is 19.9 Å². The number of aromatic hydroxyl groups is 1. The van der Waals surface area contributed by atoms with Gasteiger partial charge in [0.2, 0.25) is 0 Å². The van der Waals surface area contributed by atoms with Gasteiger partial charge in [0.15, 0.2) is 0 Å². The molecule has 0 saturated carbocycles. The van der Waals surface area contributed by atoms with Gasteiger partial charge in [-0.25, -0.2) is 4.39 Å². The van der Waals surface area contributed by atoms with Gasteiger partial charge in [-0.3, -0.25) is 0 Å². The lowest BCUT2D eigenvalue weighted by molar-refractivity contribution is 0.232. The lowest BCUT2D eigenvalue weighted by Crippen LogP contribution is -2.31. The van der Waals surface area contributed by atoms with Crippen LogP contribution in [0.25, 0.3) is 0 Å². The molecule has 0 fully saturated rings. The minimum absolute atomic E-state index is 0.0202. The smallest absolute Gasteiger partial charge is 0.126 e. The second kappa shape index (κ2) is 6.87. The Morgan fingerprint density at radius 3 is 2.63 bits per heavy atom. The summed E-state index contributed by atoms with van der Waals surface area (Å²) in [6, 6.07) is 4.03. The quantitative estimate of drug-likeness (QED) is 0.713. The Bertz CT molecular complexity index is 407. The molecule has 1 aromatic carbocycles. The van der Waals surface area contributed by atoms with Crippen LogP contribution in [-0.4, -0.2) is 23.4 Å². The summed E-state index contributed by atoms with van der Waals surface area (Å²) in [5.74, 6) is -0.454. The van der Waals surface area contributed by atoms with Crippen molar-refractivity contribution in [1.29, 1.82) is 0 Å². The molecule has 0 heterocycles.